The average molecular weight is 459 g/mol. The van der Waals surface area contributed by atoms with Crippen LogP contribution >= 0.6 is 24.0 Å². The van der Waals surface area contributed by atoms with E-state index in [-0.39, 0.29) is 24.0 Å². The Morgan fingerprint density at radius 2 is 2.16 bits per heavy atom. The van der Waals surface area contributed by atoms with Crippen LogP contribution in [0.2, 0.25) is 0 Å². The quantitative estimate of drug-likeness (QED) is 0.387. The molecule has 0 aliphatic carbocycles. The monoisotopic (exact) mass is 459 g/mol. The number of aryl methyl sites for hydroxylation is 1. The second kappa shape index (κ2) is 11.7. The largest absolute Gasteiger partial charge is 0.356 e. The molecule has 1 aromatic rings. The molecule has 1 atom stereocenters. The summed E-state index contributed by atoms with van der Waals surface area (Å²) in [7, 11) is 1.89. The van der Waals surface area contributed by atoms with Crippen LogP contribution in [-0.4, -0.2) is 67.1 Å². The van der Waals surface area contributed by atoms with E-state index in [1.165, 1.54) is 24.1 Å². The minimum Gasteiger partial charge on any atom is -0.356 e. The van der Waals surface area contributed by atoms with E-state index in [4.69, 9.17) is 0 Å². The van der Waals surface area contributed by atoms with E-state index < -0.39 is 0 Å². The van der Waals surface area contributed by atoms with Gasteiger partial charge in [0.25, 0.3) is 0 Å². The summed E-state index contributed by atoms with van der Waals surface area (Å²) in [6, 6.07) is 2.11. The zero-order valence-corrected chi connectivity index (χ0v) is 18.5. The molecule has 1 saturated heterocycles. The maximum atomic E-state index is 4.48. The van der Waals surface area contributed by atoms with Gasteiger partial charge < -0.3 is 15.1 Å². The van der Waals surface area contributed by atoms with E-state index in [1.54, 1.807) is 0 Å². The summed E-state index contributed by atoms with van der Waals surface area (Å²) >= 11 is 0. The van der Waals surface area contributed by atoms with Crippen molar-refractivity contribution in [1.29, 1.82) is 0 Å². The van der Waals surface area contributed by atoms with Crippen LogP contribution in [0.5, 0.6) is 0 Å². The lowest BCUT2D eigenvalue weighted by Crippen LogP contribution is -2.41. The fourth-order valence-corrected chi connectivity index (χ4v) is 3.44. The third kappa shape index (κ3) is 6.73. The van der Waals surface area contributed by atoms with Crippen molar-refractivity contribution in [1.82, 2.24) is 20.1 Å². The summed E-state index contributed by atoms with van der Waals surface area (Å²) in [6.45, 7) is 13.2. The van der Waals surface area contributed by atoms with Gasteiger partial charge in [0.15, 0.2) is 5.96 Å². The van der Waals surface area contributed by atoms with E-state index in [1.807, 2.05) is 19.4 Å². The first kappa shape index (κ1) is 22.2. The SMILES string of the molecule is CCN(CC)CC1CCN(C(=NC)NCCc2ccncc2C)C1.I. The Hall–Kier alpha value is -0.890. The van der Waals surface area contributed by atoms with Gasteiger partial charge in [-0.1, -0.05) is 13.8 Å². The molecule has 1 aromatic heterocycles. The molecule has 1 aliphatic heterocycles. The van der Waals surface area contributed by atoms with Crippen LogP contribution in [0.15, 0.2) is 23.5 Å². The molecule has 0 saturated carbocycles. The van der Waals surface area contributed by atoms with Crippen molar-refractivity contribution in [3.63, 3.8) is 0 Å². The molecule has 0 aromatic carbocycles. The second-order valence-electron chi connectivity index (χ2n) is 6.61. The summed E-state index contributed by atoms with van der Waals surface area (Å²) in [5.41, 5.74) is 2.61. The fraction of sp³-hybridized carbons (Fsp3) is 0.684. The minimum atomic E-state index is 0. The van der Waals surface area contributed by atoms with Crippen molar-refractivity contribution in [2.75, 3.05) is 46.3 Å². The number of guanidine groups is 1. The Labute approximate surface area is 170 Å². The zero-order valence-electron chi connectivity index (χ0n) is 16.2. The Morgan fingerprint density at radius 3 is 2.80 bits per heavy atom. The topological polar surface area (TPSA) is 43.8 Å². The molecule has 142 valence electrons. The van der Waals surface area contributed by atoms with E-state index in [0.717, 1.165) is 51.0 Å². The minimum absolute atomic E-state index is 0. The third-order valence-corrected chi connectivity index (χ3v) is 5.02. The number of hydrogen-bond acceptors (Lipinski definition) is 3. The van der Waals surface area contributed by atoms with Crippen LogP contribution in [0.25, 0.3) is 0 Å². The van der Waals surface area contributed by atoms with Crippen molar-refractivity contribution in [3.8, 4) is 0 Å². The molecule has 0 spiro atoms. The van der Waals surface area contributed by atoms with Crippen molar-refractivity contribution < 1.29 is 0 Å². The predicted octanol–water partition coefficient (Wildman–Crippen LogP) is 2.79. The molecule has 25 heavy (non-hydrogen) atoms. The maximum absolute atomic E-state index is 4.48. The van der Waals surface area contributed by atoms with Crippen LogP contribution in [0, 0.1) is 12.8 Å². The molecule has 0 radical (unpaired) electrons. The van der Waals surface area contributed by atoms with Crippen LogP contribution < -0.4 is 5.32 Å². The van der Waals surface area contributed by atoms with E-state index in [2.05, 4.69) is 51.9 Å². The normalized spacial score (nSPS) is 17.7. The van der Waals surface area contributed by atoms with Gasteiger partial charge in [0.05, 0.1) is 0 Å². The standard InChI is InChI=1S/C19H33N5.HI/c1-5-23(6-2)14-17-9-12-24(15-17)19(20-4)22-11-8-18-7-10-21-13-16(18)3;/h7,10,13,17H,5-6,8-9,11-12,14-15H2,1-4H3,(H,20,22);1H. The molecule has 0 amide bonds. The third-order valence-electron chi connectivity index (χ3n) is 5.02. The molecule has 1 aliphatic rings. The number of pyridine rings is 1. The molecule has 5 nitrogen and oxygen atoms in total. The van der Waals surface area contributed by atoms with Crippen LogP contribution in [0.4, 0.5) is 0 Å². The van der Waals surface area contributed by atoms with Gasteiger partial charge in [-0.3, -0.25) is 9.98 Å². The molecule has 1 N–H and O–H groups in total. The number of rotatable bonds is 7. The highest BCUT2D eigenvalue weighted by Gasteiger charge is 2.25. The number of halogens is 1. The first-order valence-corrected chi connectivity index (χ1v) is 9.25. The number of aromatic nitrogens is 1. The van der Waals surface area contributed by atoms with E-state index >= 15 is 0 Å². The summed E-state index contributed by atoms with van der Waals surface area (Å²) in [5.74, 6) is 1.80. The van der Waals surface area contributed by atoms with E-state index in [9.17, 15) is 0 Å². The lowest BCUT2D eigenvalue weighted by atomic mass is 10.1. The number of nitrogens with zero attached hydrogens (tertiary/aromatic N) is 4. The molecule has 0 bridgehead atoms. The average Bonchev–Trinajstić information content (AvgIpc) is 3.06. The molecule has 1 fully saturated rings. The van der Waals surface area contributed by atoms with Crippen molar-refractivity contribution in [2.24, 2.45) is 10.9 Å². The summed E-state index contributed by atoms with van der Waals surface area (Å²) in [5, 5.41) is 3.53. The van der Waals surface area contributed by atoms with Gasteiger partial charge in [0.1, 0.15) is 0 Å². The second-order valence-corrected chi connectivity index (χ2v) is 6.61. The lowest BCUT2D eigenvalue weighted by Gasteiger charge is -2.24. The smallest absolute Gasteiger partial charge is 0.193 e. The Kier molecular flexibility index (Phi) is 10.3. The van der Waals surface area contributed by atoms with Crippen LogP contribution in [0.3, 0.4) is 0 Å². The molecule has 2 rings (SSSR count). The predicted molar refractivity (Wildman–Crippen MR) is 117 cm³/mol. The van der Waals surface area contributed by atoms with Crippen molar-refractivity contribution in [2.45, 2.75) is 33.6 Å². The number of nitrogens with one attached hydrogen (secondary N) is 1. The van der Waals surface area contributed by atoms with Gasteiger partial charge in [-0.2, -0.15) is 0 Å². The Morgan fingerprint density at radius 1 is 1.40 bits per heavy atom. The van der Waals surface area contributed by atoms with Gasteiger partial charge in [0, 0.05) is 45.6 Å². The Bertz CT molecular complexity index is 530. The van der Waals surface area contributed by atoms with Gasteiger partial charge in [0.2, 0.25) is 0 Å². The summed E-state index contributed by atoms with van der Waals surface area (Å²) < 4.78 is 0. The van der Waals surface area contributed by atoms with Crippen molar-refractivity contribution >= 4 is 29.9 Å². The zero-order chi connectivity index (χ0) is 17.4. The molecule has 6 heteroatoms. The first-order valence-electron chi connectivity index (χ1n) is 9.25. The van der Waals surface area contributed by atoms with Gasteiger partial charge in [-0.05, 0) is 56.0 Å². The molecular formula is C19H34IN5. The lowest BCUT2D eigenvalue weighted by molar-refractivity contribution is 0.255. The molecular weight excluding hydrogens is 425 g/mol. The highest BCUT2D eigenvalue weighted by Crippen LogP contribution is 2.17. The highest BCUT2D eigenvalue weighted by molar-refractivity contribution is 14.0. The van der Waals surface area contributed by atoms with E-state index in [0.29, 0.717) is 0 Å². The summed E-state index contributed by atoms with van der Waals surface area (Å²) in [6.07, 6.45) is 6.07. The van der Waals surface area contributed by atoms with Gasteiger partial charge >= 0.3 is 0 Å². The van der Waals surface area contributed by atoms with Gasteiger partial charge in [-0.15, -0.1) is 24.0 Å². The van der Waals surface area contributed by atoms with Gasteiger partial charge in [-0.25, -0.2) is 0 Å². The number of aliphatic imine (C=N–C) groups is 1. The molecule has 1 unspecified atom stereocenters. The first-order chi connectivity index (χ1) is 11.7. The van der Waals surface area contributed by atoms with Crippen LogP contribution in [-0.2, 0) is 6.42 Å². The number of likely N-dealkylation sites (tertiary alicyclic amines) is 1. The molecule has 2 heterocycles. The van der Waals surface area contributed by atoms with Crippen LogP contribution in [0.1, 0.15) is 31.4 Å². The maximum Gasteiger partial charge on any atom is 0.193 e. The summed E-state index contributed by atoms with van der Waals surface area (Å²) in [4.78, 5) is 13.6. The number of hydrogen-bond donors (Lipinski definition) is 1. The van der Waals surface area contributed by atoms with Crippen molar-refractivity contribution in [3.05, 3.63) is 29.6 Å². The highest BCUT2D eigenvalue weighted by atomic mass is 127. The fourth-order valence-electron chi connectivity index (χ4n) is 3.44. The Balaban J connectivity index is 0.00000312.